The molecule has 1 aromatic carbocycles. The molecule has 4 nitrogen and oxygen atoms in total. The number of hydrogen-bond acceptors (Lipinski definition) is 3. The Kier molecular flexibility index (Phi) is 3.93. The minimum absolute atomic E-state index is 0.0249. The van der Waals surface area contributed by atoms with Crippen LogP contribution >= 0.6 is 0 Å². The zero-order valence-corrected chi connectivity index (χ0v) is 13.8. The Labute approximate surface area is 134 Å². The van der Waals surface area contributed by atoms with Crippen molar-refractivity contribution < 1.29 is 12.8 Å². The first-order valence-corrected chi connectivity index (χ1v) is 9.11. The van der Waals surface area contributed by atoms with Gasteiger partial charge in [0.15, 0.2) is 9.84 Å². The molecule has 2 heterocycles. The smallest absolute Gasteiger partial charge is 0.154 e. The van der Waals surface area contributed by atoms with Crippen LogP contribution < -0.4 is 0 Å². The van der Waals surface area contributed by atoms with Gasteiger partial charge < -0.3 is 4.57 Å². The Morgan fingerprint density at radius 2 is 1.96 bits per heavy atom. The lowest BCUT2D eigenvalue weighted by Gasteiger charge is -2.07. The first-order valence-electron chi connectivity index (χ1n) is 7.29. The molecule has 0 spiro atoms. The molecule has 23 heavy (non-hydrogen) atoms. The summed E-state index contributed by atoms with van der Waals surface area (Å²) in [6.07, 6.45) is 3.26. The molecule has 0 saturated heterocycles. The van der Waals surface area contributed by atoms with Gasteiger partial charge in [-0.2, -0.15) is 0 Å². The van der Waals surface area contributed by atoms with E-state index in [1.807, 2.05) is 23.7 Å². The van der Waals surface area contributed by atoms with Crippen LogP contribution in [0.3, 0.4) is 0 Å². The van der Waals surface area contributed by atoms with Crippen LogP contribution in [0.4, 0.5) is 4.39 Å². The Bertz CT molecular complexity index is 977. The number of fused-ring (bicyclic) bond motifs is 1. The third-order valence-electron chi connectivity index (χ3n) is 3.92. The number of aromatic nitrogens is 2. The van der Waals surface area contributed by atoms with Crippen molar-refractivity contribution in [3.63, 3.8) is 0 Å². The van der Waals surface area contributed by atoms with E-state index in [9.17, 15) is 12.8 Å². The minimum Gasteiger partial charge on any atom is -0.343 e. The molecule has 0 aliphatic heterocycles. The molecular weight excluding hydrogens is 315 g/mol. The summed E-state index contributed by atoms with van der Waals surface area (Å²) in [7, 11) is -1.25. The number of hydrogen-bond donors (Lipinski definition) is 0. The van der Waals surface area contributed by atoms with Crippen molar-refractivity contribution in [1.82, 2.24) is 9.55 Å². The maximum Gasteiger partial charge on any atom is 0.154 e. The van der Waals surface area contributed by atoms with E-state index < -0.39 is 9.84 Å². The van der Waals surface area contributed by atoms with Crippen molar-refractivity contribution in [3.05, 3.63) is 54.1 Å². The van der Waals surface area contributed by atoms with Gasteiger partial charge in [-0.1, -0.05) is 6.92 Å². The first-order chi connectivity index (χ1) is 10.9. The van der Waals surface area contributed by atoms with Crippen LogP contribution in [0.25, 0.3) is 22.2 Å². The van der Waals surface area contributed by atoms with Crippen LogP contribution in [0.2, 0.25) is 0 Å². The lowest BCUT2D eigenvalue weighted by Crippen LogP contribution is -2.07. The van der Waals surface area contributed by atoms with Gasteiger partial charge >= 0.3 is 0 Å². The number of nitrogens with zero attached hydrogens (tertiary/aromatic N) is 2. The number of benzene rings is 1. The second kappa shape index (κ2) is 5.77. The highest BCUT2D eigenvalue weighted by atomic mass is 32.2. The van der Waals surface area contributed by atoms with Crippen LogP contribution in [-0.2, 0) is 22.6 Å². The summed E-state index contributed by atoms with van der Waals surface area (Å²) >= 11 is 0. The summed E-state index contributed by atoms with van der Waals surface area (Å²) in [5, 5.41) is 0.926. The Morgan fingerprint density at radius 1 is 1.17 bits per heavy atom. The third-order valence-corrected chi connectivity index (χ3v) is 5.58. The van der Waals surface area contributed by atoms with E-state index in [0.29, 0.717) is 5.56 Å². The van der Waals surface area contributed by atoms with Crippen molar-refractivity contribution in [2.75, 3.05) is 5.75 Å². The molecule has 0 aliphatic carbocycles. The molecule has 0 N–H and O–H groups in total. The van der Waals surface area contributed by atoms with Gasteiger partial charge in [-0.05, 0) is 35.9 Å². The molecule has 0 amide bonds. The zero-order valence-electron chi connectivity index (χ0n) is 13.0. The SMILES string of the molecule is CCS(=O)(=O)Cc1cncc(-c2cc3ccc(F)cc3n2C)c1. The summed E-state index contributed by atoms with van der Waals surface area (Å²) < 4.78 is 38.9. The molecule has 3 rings (SSSR count). The molecule has 0 unspecified atom stereocenters. The summed E-state index contributed by atoms with van der Waals surface area (Å²) in [4.78, 5) is 4.16. The van der Waals surface area contributed by atoms with Crippen LogP contribution in [0.5, 0.6) is 0 Å². The van der Waals surface area contributed by atoms with E-state index >= 15 is 0 Å². The minimum atomic E-state index is -3.11. The number of aryl methyl sites for hydroxylation is 1. The van der Waals surface area contributed by atoms with Gasteiger partial charge in [0.2, 0.25) is 0 Å². The highest BCUT2D eigenvalue weighted by Gasteiger charge is 2.13. The van der Waals surface area contributed by atoms with Gasteiger partial charge in [0, 0.05) is 36.1 Å². The molecular formula is C17H17FN2O2S. The quantitative estimate of drug-likeness (QED) is 0.736. The molecule has 0 bridgehead atoms. The number of halogens is 1. The Morgan fingerprint density at radius 3 is 2.70 bits per heavy atom. The third kappa shape index (κ3) is 3.12. The highest BCUT2D eigenvalue weighted by Crippen LogP contribution is 2.28. The molecule has 0 radical (unpaired) electrons. The van der Waals surface area contributed by atoms with Crippen LogP contribution in [0, 0.1) is 5.82 Å². The zero-order chi connectivity index (χ0) is 16.6. The van der Waals surface area contributed by atoms with E-state index in [-0.39, 0.29) is 17.3 Å². The highest BCUT2D eigenvalue weighted by molar-refractivity contribution is 7.90. The molecule has 2 aromatic heterocycles. The predicted octanol–water partition coefficient (Wildman–Crippen LogP) is 3.31. The molecule has 0 fully saturated rings. The van der Waals surface area contributed by atoms with Gasteiger partial charge in [0.1, 0.15) is 5.82 Å². The van der Waals surface area contributed by atoms with Crippen molar-refractivity contribution in [3.8, 4) is 11.3 Å². The number of rotatable bonds is 4. The molecule has 0 atom stereocenters. The standard InChI is InChI=1S/C17H17FN2O2S/c1-3-23(21,22)11-12-6-14(10-19-9-12)16-7-13-4-5-15(18)8-17(13)20(16)2/h4-10H,3,11H2,1-2H3. The van der Waals surface area contributed by atoms with Crippen LogP contribution in [0.1, 0.15) is 12.5 Å². The lowest BCUT2D eigenvalue weighted by molar-refractivity contribution is 0.596. The molecule has 120 valence electrons. The number of pyridine rings is 1. The molecule has 6 heteroatoms. The van der Waals surface area contributed by atoms with Crippen LogP contribution in [0.15, 0.2) is 42.7 Å². The van der Waals surface area contributed by atoms with E-state index in [1.54, 1.807) is 25.4 Å². The van der Waals surface area contributed by atoms with Gasteiger partial charge in [0.05, 0.1) is 17.0 Å². The first kappa shape index (κ1) is 15.7. The maximum absolute atomic E-state index is 13.4. The van der Waals surface area contributed by atoms with Gasteiger partial charge in [-0.15, -0.1) is 0 Å². The second-order valence-corrected chi connectivity index (χ2v) is 7.90. The molecule has 0 aliphatic rings. The summed E-state index contributed by atoms with van der Waals surface area (Å²) in [5.41, 5.74) is 3.12. The monoisotopic (exact) mass is 332 g/mol. The van der Waals surface area contributed by atoms with E-state index in [0.717, 1.165) is 22.2 Å². The molecule has 3 aromatic rings. The molecule has 0 saturated carbocycles. The fourth-order valence-corrected chi connectivity index (χ4v) is 3.51. The van der Waals surface area contributed by atoms with Gasteiger partial charge in [-0.3, -0.25) is 4.98 Å². The fourth-order valence-electron chi connectivity index (χ4n) is 2.64. The average molecular weight is 332 g/mol. The van der Waals surface area contributed by atoms with Gasteiger partial charge in [0.25, 0.3) is 0 Å². The Balaban J connectivity index is 2.07. The maximum atomic E-state index is 13.4. The lowest BCUT2D eigenvalue weighted by atomic mass is 10.1. The summed E-state index contributed by atoms with van der Waals surface area (Å²) in [6, 6.07) is 8.41. The van der Waals surface area contributed by atoms with Crippen molar-refractivity contribution in [1.29, 1.82) is 0 Å². The normalized spacial score (nSPS) is 12.0. The van der Waals surface area contributed by atoms with Crippen molar-refractivity contribution in [2.24, 2.45) is 7.05 Å². The Hall–Kier alpha value is -2.21. The largest absolute Gasteiger partial charge is 0.343 e. The topological polar surface area (TPSA) is 52.0 Å². The fraction of sp³-hybridized carbons (Fsp3) is 0.235. The summed E-state index contributed by atoms with van der Waals surface area (Å²) in [5.74, 6) is -0.209. The van der Waals surface area contributed by atoms with Crippen LogP contribution in [-0.4, -0.2) is 23.7 Å². The van der Waals surface area contributed by atoms with E-state index in [2.05, 4.69) is 4.98 Å². The average Bonchev–Trinajstić information content (AvgIpc) is 2.84. The van der Waals surface area contributed by atoms with Crippen molar-refractivity contribution in [2.45, 2.75) is 12.7 Å². The second-order valence-electron chi connectivity index (χ2n) is 5.55. The van der Waals surface area contributed by atoms with E-state index in [4.69, 9.17) is 0 Å². The number of sulfone groups is 1. The van der Waals surface area contributed by atoms with E-state index in [1.165, 1.54) is 12.1 Å². The summed E-state index contributed by atoms with van der Waals surface area (Å²) in [6.45, 7) is 1.63. The predicted molar refractivity (Wildman–Crippen MR) is 89.3 cm³/mol. The van der Waals surface area contributed by atoms with Gasteiger partial charge in [-0.25, -0.2) is 12.8 Å². The van der Waals surface area contributed by atoms with Crippen molar-refractivity contribution >= 4 is 20.7 Å².